The second-order valence-electron chi connectivity index (χ2n) is 5.17. The SMILES string of the molecule is CC#C[C@@H]([C@@H](N)c1ccccc1)[Si](C)(C)C. The number of nitrogens with two attached hydrogens (primary N) is 1. The van der Waals surface area contributed by atoms with Gasteiger partial charge in [-0.2, -0.15) is 0 Å². The summed E-state index contributed by atoms with van der Waals surface area (Å²) in [4.78, 5) is 0. The second-order valence-corrected chi connectivity index (χ2v) is 10.5. The molecular weight excluding hydrogens is 210 g/mol. The summed E-state index contributed by atoms with van der Waals surface area (Å²) >= 11 is 0. The minimum Gasteiger partial charge on any atom is -0.323 e. The van der Waals surface area contributed by atoms with Gasteiger partial charge in [-0.25, -0.2) is 0 Å². The molecule has 0 unspecified atom stereocenters. The number of rotatable bonds is 3. The summed E-state index contributed by atoms with van der Waals surface area (Å²) in [5, 5.41) is 0. The zero-order valence-electron chi connectivity index (χ0n) is 10.6. The zero-order valence-corrected chi connectivity index (χ0v) is 11.6. The molecule has 1 nitrogen and oxygen atoms in total. The standard InChI is InChI=1S/C14H21NSi/c1-5-9-13(16(2,3)4)14(15)12-10-7-6-8-11-12/h6-8,10-11,13-14H,15H2,1-4H3/t13-,14-/m0/s1. The molecule has 0 heterocycles. The fourth-order valence-corrected chi connectivity index (χ4v) is 3.72. The van der Waals surface area contributed by atoms with E-state index >= 15 is 0 Å². The maximum Gasteiger partial charge on any atom is 0.0637 e. The maximum atomic E-state index is 6.34. The van der Waals surface area contributed by atoms with Gasteiger partial charge in [-0.05, 0) is 12.5 Å². The lowest BCUT2D eigenvalue weighted by Crippen LogP contribution is -2.35. The first kappa shape index (κ1) is 13.0. The Hall–Kier alpha value is -1.04. The molecule has 0 aliphatic rings. The van der Waals surface area contributed by atoms with Crippen LogP contribution in [-0.2, 0) is 0 Å². The van der Waals surface area contributed by atoms with Gasteiger partial charge < -0.3 is 5.73 Å². The Morgan fingerprint density at radius 1 is 1.12 bits per heavy atom. The van der Waals surface area contributed by atoms with Crippen LogP contribution in [0.3, 0.4) is 0 Å². The Kier molecular flexibility index (Phi) is 4.34. The van der Waals surface area contributed by atoms with Gasteiger partial charge in [0.05, 0.1) is 8.07 Å². The largest absolute Gasteiger partial charge is 0.323 e. The van der Waals surface area contributed by atoms with Crippen LogP contribution in [0.4, 0.5) is 0 Å². The van der Waals surface area contributed by atoms with Gasteiger partial charge in [0.2, 0.25) is 0 Å². The summed E-state index contributed by atoms with van der Waals surface area (Å²) in [5.41, 5.74) is 7.86. The highest BCUT2D eigenvalue weighted by atomic mass is 28.3. The van der Waals surface area contributed by atoms with E-state index < -0.39 is 8.07 Å². The normalized spacial score (nSPS) is 14.8. The molecule has 0 saturated heterocycles. The molecular formula is C14H21NSi. The molecule has 1 aromatic rings. The van der Waals surface area contributed by atoms with Crippen molar-refractivity contribution >= 4 is 8.07 Å². The van der Waals surface area contributed by atoms with E-state index in [4.69, 9.17) is 5.73 Å². The predicted octanol–water partition coefficient (Wildman–Crippen LogP) is 3.42. The highest BCUT2D eigenvalue weighted by molar-refractivity contribution is 6.78. The van der Waals surface area contributed by atoms with Crippen LogP contribution in [-0.4, -0.2) is 8.07 Å². The van der Waals surface area contributed by atoms with Crippen molar-refractivity contribution in [1.29, 1.82) is 0 Å². The van der Waals surface area contributed by atoms with Crippen LogP contribution in [0.5, 0.6) is 0 Å². The van der Waals surface area contributed by atoms with Crippen molar-refractivity contribution in [1.82, 2.24) is 0 Å². The molecule has 0 bridgehead atoms. The molecule has 0 saturated carbocycles. The fourth-order valence-electron chi connectivity index (χ4n) is 1.87. The van der Waals surface area contributed by atoms with Gasteiger partial charge >= 0.3 is 0 Å². The molecule has 86 valence electrons. The third kappa shape index (κ3) is 3.23. The van der Waals surface area contributed by atoms with Crippen molar-refractivity contribution in [3.05, 3.63) is 35.9 Å². The van der Waals surface area contributed by atoms with Gasteiger partial charge in [-0.3, -0.25) is 0 Å². The number of hydrogen-bond acceptors (Lipinski definition) is 1. The summed E-state index contributed by atoms with van der Waals surface area (Å²) in [6.07, 6.45) is 0. The molecule has 2 heteroatoms. The lowest BCUT2D eigenvalue weighted by atomic mass is 10.0. The molecule has 0 spiro atoms. The van der Waals surface area contributed by atoms with Crippen molar-refractivity contribution in [3.63, 3.8) is 0 Å². The average molecular weight is 231 g/mol. The first-order valence-corrected chi connectivity index (χ1v) is 9.27. The van der Waals surface area contributed by atoms with Crippen molar-refractivity contribution < 1.29 is 0 Å². The molecule has 1 rings (SSSR count). The van der Waals surface area contributed by atoms with E-state index in [1.165, 1.54) is 5.56 Å². The Balaban J connectivity index is 3.00. The minimum atomic E-state index is -1.35. The van der Waals surface area contributed by atoms with Gasteiger partial charge in [-0.15, -0.1) is 11.8 Å². The highest BCUT2D eigenvalue weighted by Gasteiger charge is 2.31. The summed E-state index contributed by atoms with van der Waals surface area (Å²) in [6, 6.07) is 10.3. The molecule has 1 aromatic carbocycles. The van der Waals surface area contributed by atoms with E-state index in [0.717, 1.165) is 0 Å². The zero-order chi connectivity index (χ0) is 12.2. The lowest BCUT2D eigenvalue weighted by molar-refractivity contribution is 0.732. The van der Waals surface area contributed by atoms with Crippen molar-refractivity contribution in [3.8, 4) is 11.8 Å². The number of benzene rings is 1. The minimum absolute atomic E-state index is 0.0420. The molecule has 0 aliphatic carbocycles. The quantitative estimate of drug-likeness (QED) is 0.626. The number of hydrogen-bond donors (Lipinski definition) is 1. The summed E-state index contributed by atoms with van der Waals surface area (Å²) in [7, 11) is -1.35. The molecule has 0 aliphatic heterocycles. The molecule has 0 fully saturated rings. The van der Waals surface area contributed by atoms with Crippen LogP contribution in [0.25, 0.3) is 0 Å². The first-order chi connectivity index (χ1) is 7.46. The van der Waals surface area contributed by atoms with Crippen molar-refractivity contribution in [2.24, 2.45) is 5.73 Å². The van der Waals surface area contributed by atoms with E-state index in [2.05, 4.69) is 43.6 Å². The van der Waals surface area contributed by atoms with E-state index in [1.807, 2.05) is 25.1 Å². The third-order valence-electron chi connectivity index (χ3n) is 2.78. The summed E-state index contributed by atoms with van der Waals surface area (Å²) < 4.78 is 0. The maximum absolute atomic E-state index is 6.34. The Labute approximate surface area is 100 Å². The van der Waals surface area contributed by atoms with Gasteiger partial charge in [0.25, 0.3) is 0 Å². The Morgan fingerprint density at radius 2 is 1.69 bits per heavy atom. The second kappa shape index (κ2) is 5.34. The van der Waals surface area contributed by atoms with E-state index in [9.17, 15) is 0 Å². The van der Waals surface area contributed by atoms with E-state index in [0.29, 0.717) is 5.54 Å². The molecule has 2 atom stereocenters. The van der Waals surface area contributed by atoms with Crippen LogP contribution in [0.1, 0.15) is 18.5 Å². The molecule has 0 radical (unpaired) electrons. The monoisotopic (exact) mass is 231 g/mol. The van der Waals surface area contributed by atoms with Crippen molar-refractivity contribution in [2.45, 2.75) is 38.1 Å². The van der Waals surface area contributed by atoms with E-state index in [-0.39, 0.29) is 6.04 Å². The van der Waals surface area contributed by atoms with Gasteiger partial charge in [0.15, 0.2) is 0 Å². The average Bonchev–Trinajstić information content (AvgIpc) is 2.25. The smallest absolute Gasteiger partial charge is 0.0637 e. The molecule has 0 amide bonds. The van der Waals surface area contributed by atoms with E-state index in [1.54, 1.807) is 0 Å². The summed E-state index contributed by atoms with van der Waals surface area (Å²) in [6.45, 7) is 8.87. The van der Waals surface area contributed by atoms with Gasteiger partial charge in [0.1, 0.15) is 0 Å². The van der Waals surface area contributed by atoms with Crippen LogP contribution < -0.4 is 5.73 Å². The molecule has 16 heavy (non-hydrogen) atoms. The Bertz CT molecular complexity index is 381. The Morgan fingerprint density at radius 3 is 2.12 bits per heavy atom. The van der Waals surface area contributed by atoms with Gasteiger partial charge in [0, 0.05) is 11.6 Å². The molecule has 2 N–H and O–H groups in total. The third-order valence-corrected chi connectivity index (χ3v) is 5.15. The van der Waals surface area contributed by atoms with Crippen LogP contribution in [0.2, 0.25) is 25.2 Å². The predicted molar refractivity (Wildman–Crippen MR) is 73.9 cm³/mol. The fraction of sp³-hybridized carbons (Fsp3) is 0.429. The molecule has 0 aromatic heterocycles. The van der Waals surface area contributed by atoms with Crippen LogP contribution in [0.15, 0.2) is 30.3 Å². The summed E-state index contributed by atoms with van der Waals surface area (Å²) in [5.74, 6) is 6.34. The lowest BCUT2D eigenvalue weighted by Gasteiger charge is -2.30. The first-order valence-electron chi connectivity index (χ1n) is 5.69. The topological polar surface area (TPSA) is 26.0 Å². The highest BCUT2D eigenvalue weighted by Crippen LogP contribution is 2.32. The van der Waals surface area contributed by atoms with Crippen LogP contribution >= 0.6 is 0 Å². The van der Waals surface area contributed by atoms with Crippen LogP contribution in [0, 0.1) is 11.8 Å². The van der Waals surface area contributed by atoms with Crippen molar-refractivity contribution in [2.75, 3.05) is 0 Å². The van der Waals surface area contributed by atoms with Gasteiger partial charge in [-0.1, -0.05) is 50.0 Å².